The molecule has 0 saturated heterocycles. The van der Waals surface area contributed by atoms with Crippen LogP contribution in [0.2, 0.25) is 0 Å². The maximum absolute atomic E-state index is 11.5. The minimum atomic E-state index is -2.76. The fraction of sp³-hybridized carbons (Fsp3) is 1.00. The van der Waals surface area contributed by atoms with Crippen LogP contribution in [0.3, 0.4) is 0 Å². The van der Waals surface area contributed by atoms with E-state index in [1.165, 1.54) is 11.8 Å². The molecule has 0 unspecified atom stereocenters. The summed E-state index contributed by atoms with van der Waals surface area (Å²) in [6.45, 7) is 4.51. The molecular weight excluding hydrogens is 183 g/mol. The molecule has 0 aliphatic rings. The molecule has 0 fully saturated rings. The van der Waals surface area contributed by atoms with E-state index in [0.717, 1.165) is 0 Å². The molecule has 0 spiro atoms. The third-order valence-electron chi connectivity index (χ3n) is 0.939. The van der Waals surface area contributed by atoms with E-state index in [-0.39, 0.29) is 0 Å². The van der Waals surface area contributed by atoms with Gasteiger partial charge in [0.25, 0.3) is 0 Å². The van der Waals surface area contributed by atoms with Crippen molar-refractivity contribution in [2.75, 3.05) is 25.0 Å². The van der Waals surface area contributed by atoms with Crippen LogP contribution in [0, 0.1) is 0 Å². The van der Waals surface area contributed by atoms with Crippen molar-refractivity contribution in [3.63, 3.8) is 0 Å². The summed E-state index contributed by atoms with van der Waals surface area (Å²) in [5, 5.41) is 0. The van der Waals surface area contributed by atoms with Crippen molar-refractivity contribution in [1.82, 2.24) is 0 Å². The van der Waals surface area contributed by atoms with E-state index in [4.69, 9.17) is 9.05 Å². The molecule has 0 N–H and O–H groups in total. The maximum atomic E-state index is 11.5. The lowest BCUT2D eigenvalue weighted by Crippen LogP contribution is -1.97. The van der Waals surface area contributed by atoms with Gasteiger partial charge >= 0.3 is 7.60 Å². The maximum Gasteiger partial charge on any atom is 0.340 e. The molecule has 0 bridgehead atoms. The quantitative estimate of drug-likeness (QED) is 0.614. The van der Waals surface area contributed by atoms with Crippen LogP contribution in [-0.2, 0) is 13.6 Å². The Morgan fingerprint density at radius 1 is 1.27 bits per heavy atom. The fourth-order valence-corrected chi connectivity index (χ4v) is 3.39. The second-order valence-electron chi connectivity index (χ2n) is 1.86. The molecule has 68 valence electrons. The Bertz CT molecular complexity index is 116. The lowest BCUT2D eigenvalue weighted by Gasteiger charge is -2.14. The Labute approximate surface area is 72.4 Å². The zero-order valence-electron chi connectivity index (χ0n) is 7.20. The van der Waals surface area contributed by atoms with E-state index >= 15 is 0 Å². The third kappa shape index (κ3) is 4.86. The summed E-state index contributed by atoms with van der Waals surface area (Å²) >= 11 is 1.48. The molecule has 0 aromatic heterocycles. The van der Waals surface area contributed by atoms with Gasteiger partial charge in [0.1, 0.15) is 0 Å². The van der Waals surface area contributed by atoms with Gasteiger partial charge in [0.05, 0.1) is 18.7 Å². The van der Waals surface area contributed by atoms with Crippen molar-refractivity contribution in [2.45, 2.75) is 13.8 Å². The Balaban J connectivity index is 3.91. The summed E-state index contributed by atoms with van der Waals surface area (Å²) in [7, 11) is -2.76. The van der Waals surface area contributed by atoms with Gasteiger partial charge in [-0.15, -0.1) is 0 Å². The molecule has 0 aliphatic carbocycles. The van der Waals surface area contributed by atoms with Crippen molar-refractivity contribution in [3.8, 4) is 0 Å². The minimum absolute atomic E-state index is 0.439. The van der Waals surface area contributed by atoms with E-state index in [2.05, 4.69) is 0 Å². The number of hydrogen-bond donors (Lipinski definition) is 0. The monoisotopic (exact) mass is 198 g/mol. The van der Waals surface area contributed by atoms with Crippen LogP contribution < -0.4 is 0 Å². The molecule has 0 amide bonds. The van der Waals surface area contributed by atoms with Crippen LogP contribution in [0.25, 0.3) is 0 Å². The van der Waals surface area contributed by atoms with Gasteiger partial charge in [0, 0.05) is 0 Å². The zero-order chi connectivity index (χ0) is 8.74. The summed E-state index contributed by atoms with van der Waals surface area (Å²) in [5.41, 5.74) is 0.439. The molecule has 11 heavy (non-hydrogen) atoms. The summed E-state index contributed by atoms with van der Waals surface area (Å²) in [5.74, 6) is 0. The van der Waals surface area contributed by atoms with Gasteiger partial charge in [-0.1, -0.05) is 0 Å². The highest BCUT2D eigenvalue weighted by molar-refractivity contribution is 8.03. The summed E-state index contributed by atoms with van der Waals surface area (Å²) in [6, 6.07) is 0. The first kappa shape index (κ1) is 11.5. The van der Waals surface area contributed by atoms with Crippen molar-refractivity contribution in [1.29, 1.82) is 0 Å². The van der Waals surface area contributed by atoms with Gasteiger partial charge in [-0.3, -0.25) is 4.57 Å². The van der Waals surface area contributed by atoms with Crippen molar-refractivity contribution < 1.29 is 13.6 Å². The number of rotatable bonds is 6. The van der Waals surface area contributed by atoms with Crippen LogP contribution in [-0.4, -0.2) is 25.0 Å². The molecular formula is C6H15O3PS. The van der Waals surface area contributed by atoms with Gasteiger partial charge in [-0.2, -0.15) is 11.8 Å². The van der Waals surface area contributed by atoms with Crippen molar-refractivity contribution in [3.05, 3.63) is 0 Å². The zero-order valence-corrected chi connectivity index (χ0v) is 8.91. The predicted molar refractivity (Wildman–Crippen MR) is 49.2 cm³/mol. The first-order valence-electron chi connectivity index (χ1n) is 3.55. The molecule has 0 atom stereocenters. The molecule has 0 saturated carbocycles. The lowest BCUT2D eigenvalue weighted by molar-refractivity contribution is 0.224. The van der Waals surface area contributed by atoms with Crippen LogP contribution >= 0.6 is 19.4 Å². The van der Waals surface area contributed by atoms with Crippen molar-refractivity contribution in [2.24, 2.45) is 0 Å². The Kier molecular flexibility index (Phi) is 6.34. The van der Waals surface area contributed by atoms with E-state index in [1.54, 1.807) is 0 Å². The standard InChI is InChI=1S/C6H15O3PS/c1-4-8-10(7,6-11-3)9-5-2/h4-6H2,1-3H3. The SMILES string of the molecule is CCOP(=O)(CSC)OCC. The second kappa shape index (κ2) is 6.06. The van der Waals surface area contributed by atoms with Crippen LogP contribution in [0.4, 0.5) is 0 Å². The van der Waals surface area contributed by atoms with Gasteiger partial charge in [-0.25, -0.2) is 0 Å². The Morgan fingerprint density at radius 3 is 2.00 bits per heavy atom. The predicted octanol–water partition coefficient (Wildman–Crippen LogP) is 2.57. The second-order valence-corrected chi connectivity index (χ2v) is 5.21. The highest BCUT2D eigenvalue weighted by Gasteiger charge is 2.21. The fourth-order valence-electron chi connectivity index (χ4n) is 0.663. The van der Waals surface area contributed by atoms with Gasteiger partial charge < -0.3 is 9.05 Å². The van der Waals surface area contributed by atoms with Gasteiger partial charge in [0.2, 0.25) is 0 Å². The first-order valence-corrected chi connectivity index (χ1v) is 6.67. The Morgan fingerprint density at radius 2 is 1.73 bits per heavy atom. The van der Waals surface area contributed by atoms with E-state index in [0.29, 0.717) is 18.7 Å². The summed E-state index contributed by atoms with van der Waals surface area (Å²) in [6.07, 6.45) is 1.88. The average molecular weight is 198 g/mol. The minimum Gasteiger partial charge on any atom is -0.308 e. The topological polar surface area (TPSA) is 35.5 Å². The normalized spacial score (nSPS) is 11.9. The summed E-state index contributed by atoms with van der Waals surface area (Å²) < 4.78 is 21.6. The van der Waals surface area contributed by atoms with Crippen LogP contribution in [0.1, 0.15) is 13.8 Å². The van der Waals surface area contributed by atoms with Crippen LogP contribution in [0.15, 0.2) is 0 Å². The van der Waals surface area contributed by atoms with E-state index in [9.17, 15) is 4.57 Å². The first-order chi connectivity index (χ1) is 5.18. The van der Waals surface area contributed by atoms with Crippen molar-refractivity contribution >= 4 is 19.4 Å². The highest BCUT2D eigenvalue weighted by atomic mass is 32.2. The lowest BCUT2D eigenvalue weighted by atomic mass is 10.9. The smallest absolute Gasteiger partial charge is 0.308 e. The van der Waals surface area contributed by atoms with E-state index in [1.807, 2.05) is 20.1 Å². The van der Waals surface area contributed by atoms with Crippen LogP contribution in [0.5, 0.6) is 0 Å². The Hall–Kier alpha value is 0.500. The molecule has 0 heterocycles. The summed E-state index contributed by atoms with van der Waals surface area (Å²) in [4.78, 5) is 0. The molecule has 5 heteroatoms. The molecule has 0 radical (unpaired) electrons. The van der Waals surface area contributed by atoms with E-state index < -0.39 is 7.60 Å². The number of thioether (sulfide) groups is 1. The molecule has 3 nitrogen and oxygen atoms in total. The molecule has 0 aromatic carbocycles. The molecule has 0 aliphatic heterocycles. The van der Waals surface area contributed by atoms with Gasteiger partial charge in [0.15, 0.2) is 0 Å². The number of hydrogen-bond acceptors (Lipinski definition) is 4. The highest BCUT2D eigenvalue weighted by Crippen LogP contribution is 2.50. The third-order valence-corrected chi connectivity index (χ3v) is 4.54. The van der Waals surface area contributed by atoms with Gasteiger partial charge in [-0.05, 0) is 20.1 Å². The molecule has 0 aromatic rings. The average Bonchev–Trinajstić information content (AvgIpc) is 1.88. The molecule has 0 rings (SSSR count). The largest absolute Gasteiger partial charge is 0.340 e.